The lowest BCUT2D eigenvalue weighted by atomic mass is 10.3. The molecule has 2 N–H and O–H groups in total. The second kappa shape index (κ2) is 2.81. The van der Waals surface area contributed by atoms with Gasteiger partial charge in [-0.15, -0.1) is 0 Å². The number of rotatable bonds is 1. The third-order valence-electron chi connectivity index (χ3n) is 2.12. The SMILES string of the molecule is Cn1c(CN)nc2cc(F)ccc21. The Balaban J connectivity index is 2.76. The summed E-state index contributed by atoms with van der Waals surface area (Å²) in [5.41, 5.74) is 7.04. The van der Waals surface area contributed by atoms with E-state index in [1.54, 1.807) is 6.07 Å². The Kier molecular flexibility index (Phi) is 1.77. The van der Waals surface area contributed by atoms with Crippen molar-refractivity contribution in [2.75, 3.05) is 0 Å². The van der Waals surface area contributed by atoms with Crippen molar-refractivity contribution in [1.29, 1.82) is 0 Å². The summed E-state index contributed by atoms with van der Waals surface area (Å²) in [6, 6.07) is 4.54. The molecule has 2 rings (SSSR count). The summed E-state index contributed by atoms with van der Waals surface area (Å²) in [6.45, 7) is 0.368. The molecule has 4 heteroatoms. The zero-order valence-corrected chi connectivity index (χ0v) is 7.29. The first-order valence-electron chi connectivity index (χ1n) is 4.03. The largest absolute Gasteiger partial charge is 0.330 e. The van der Waals surface area contributed by atoms with Gasteiger partial charge in [0.25, 0.3) is 0 Å². The van der Waals surface area contributed by atoms with E-state index >= 15 is 0 Å². The van der Waals surface area contributed by atoms with Crippen molar-refractivity contribution in [2.45, 2.75) is 6.54 Å². The van der Waals surface area contributed by atoms with E-state index in [9.17, 15) is 4.39 Å². The van der Waals surface area contributed by atoms with Crippen molar-refractivity contribution >= 4 is 11.0 Å². The molecule has 68 valence electrons. The smallest absolute Gasteiger partial charge is 0.125 e. The number of fused-ring (bicyclic) bond motifs is 1. The third kappa shape index (κ3) is 1.19. The molecule has 3 nitrogen and oxygen atoms in total. The van der Waals surface area contributed by atoms with E-state index < -0.39 is 0 Å². The highest BCUT2D eigenvalue weighted by Gasteiger charge is 2.05. The van der Waals surface area contributed by atoms with E-state index in [4.69, 9.17) is 5.73 Å². The van der Waals surface area contributed by atoms with Crippen LogP contribution in [0.2, 0.25) is 0 Å². The molecule has 0 spiro atoms. The van der Waals surface area contributed by atoms with Crippen molar-refractivity contribution in [3.63, 3.8) is 0 Å². The number of hydrogen-bond donors (Lipinski definition) is 1. The number of hydrogen-bond acceptors (Lipinski definition) is 2. The lowest BCUT2D eigenvalue weighted by Crippen LogP contribution is -2.04. The molecule has 0 fully saturated rings. The highest BCUT2D eigenvalue weighted by Crippen LogP contribution is 2.15. The summed E-state index contributed by atoms with van der Waals surface area (Å²) in [5, 5.41) is 0. The van der Waals surface area contributed by atoms with E-state index in [0.29, 0.717) is 12.1 Å². The fraction of sp³-hybridized carbons (Fsp3) is 0.222. The average molecular weight is 179 g/mol. The zero-order chi connectivity index (χ0) is 9.42. The van der Waals surface area contributed by atoms with Gasteiger partial charge in [-0.3, -0.25) is 0 Å². The number of aromatic nitrogens is 2. The van der Waals surface area contributed by atoms with E-state index in [2.05, 4.69) is 4.98 Å². The van der Waals surface area contributed by atoms with Crippen molar-refractivity contribution in [3.8, 4) is 0 Å². The highest BCUT2D eigenvalue weighted by molar-refractivity contribution is 5.75. The molecule has 0 atom stereocenters. The molecule has 0 saturated carbocycles. The molecule has 0 unspecified atom stereocenters. The van der Waals surface area contributed by atoms with Gasteiger partial charge in [0.05, 0.1) is 17.6 Å². The summed E-state index contributed by atoms with van der Waals surface area (Å²) >= 11 is 0. The number of halogens is 1. The lowest BCUT2D eigenvalue weighted by Gasteiger charge is -1.97. The first-order valence-corrected chi connectivity index (χ1v) is 4.03. The maximum atomic E-state index is 12.8. The Morgan fingerprint density at radius 2 is 2.31 bits per heavy atom. The quantitative estimate of drug-likeness (QED) is 0.714. The predicted octanol–water partition coefficient (Wildman–Crippen LogP) is 1.17. The van der Waals surface area contributed by atoms with Crippen LogP contribution in [0.15, 0.2) is 18.2 Å². The van der Waals surface area contributed by atoms with Crippen LogP contribution in [0.4, 0.5) is 4.39 Å². The third-order valence-corrected chi connectivity index (χ3v) is 2.12. The highest BCUT2D eigenvalue weighted by atomic mass is 19.1. The van der Waals surface area contributed by atoms with Crippen LogP contribution >= 0.6 is 0 Å². The second-order valence-electron chi connectivity index (χ2n) is 2.92. The Morgan fingerprint density at radius 3 is 3.00 bits per heavy atom. The molecule has 0 aliphatic rings. The topological polar surface area (TPSA) is 43.8 Å². The maximum Gasteiger partial charge on any atom is 0.125 e. The monoisotopic (exact) mass is 179 g/mol. The standard InChI is InChI=1S/C9H10FN3/c1-13-8-3-2-6(10)4-7(8)12-9(13)5-11/h2-4H,5,11H2,1H3. The normalized spacial score (nSPS) is 11.0. The molecular weight excluding hydrogens is 169 g/mol. The van der Waals surface area contributed by atoms with Crippen LogP contribution in [0.5, 0.6) is 0 Å². The van der Waals surface area contributed by atoms with Crippen molar-refractivity contribution < 1.29 is 4.39 Å². The minimum absolute atomic E-state index is 0.269. The van der Waals surface area contributed by atoms with E-state index in [-0.39, 0.29) is 5.82 Å². The van der Waals surface area contributed by atoms with Gasteiger partial charge in [-0.1, -0.05) is 0 Å². The molecule has 0 saturated heterocycles. The number of imidazole rings is 1. The number of nitrogens with zero attached hydrogens (tertiary/aromatic N) is 2. The Bertz CT molecular complexity index is 447. The Hall–Kier alpha value is -1.42. The van der Waals surface area contributed by atoms with Crippen LogP contribution in [0.1, 0.15) is 5.82 Å². The van der Waals surface area contributed by atoms with Crippen molar-refractivity contribution in [3.05, 3.63) is 29.8 Å². The van der Waals surface area contributed by atoms with Gasteiger partial charge < -0.3 is 10.3 Å². The predicted molar refractivity (Wildman–Crippen MR) is 48.6 cm³/mol. The van der Waals surface area contributed by atoms with Gasteiger partial charge in [0, 0.05) is 13.1 Å². The molecular formula is C9H10FN3. The van der Waals surface area contributed by atoms with E-state index in [1.807, 2.05) is 11.6 Å². The number of nitrogens with two attached hydrogens (primary N) is 1. The van der Waals surface area contributed by atoms with Crippen molar-refractivity contribution in [2.24, 2.45) is 12.8 Å². The van der Waals surface area contributed by atoms with Gasteiger partial charge in [0.1, 0.15) is 11.6 Å². The van der Waals surface area contributed by atoms with E-state index in [0.717, 1.165) is 11.3 Å². The van der Waals surface area contributed by atoms with E-state index in [1.165, 1.54) is 12.1 Å². The van der Waals surface area contributed by atoms with Crippen LogP contribution in [-0.2, 0) is 13.6 Å². The van der Waals surface area contributed by atoms with Gasteiger partial charge in [0.15, 0.2) is 0 Å². The molecule has 0 aliphatic carbocycles. The van der Waals surface area contributed by atoms with Gasteiger partial charge in [-0.2, -0.15) is 0 Å². The number of aryl methyl sites for hydroxylation is 1. The van der Waals surface area contributed by atoms with Gasteiger partial charge in [0.2, 0.25) is 0 Å². The van der Waals surface area contributed by atoms with Crippen LogP contribution in [0.3, 0.4) is 0 Å². The average Bonchev–Trinajstić information content (AvgIpc) is 2.42. The Labute approximate surface area is 75.0 Å². The van der Waals surface area contributed by atoms with Gasteiger partial charge in [-0.25, -0.2) is 9.37 Å². The molecule has 0 radical (unpaired) electrons. The second-order valence-corrected chi connectivity index (χ2v) is 2.92. The minimum atomic E-state index is -0.269. The summed E-state index contributed by atoms with van der Waals surface area (Å²) in [5.74, 6) is 0.495. The van der Waals surface area contributed by atoms with Crippen LogP contribution in [0, 0.1) is 5.82 Å². The minimum Gasteiger partial charge on any atom is -0.330 e. The fourth-order valence-electron chi connectivity index (χ4n) is 1.41. The van der Waals surface area contributed by atoms with Crippen molar-refractivity contribution in [1.82, 2.24) is 9.55 Å². The van der Waals surface area contributed by atoms with Gasteiger partial charge in [-0.05, 0) is 12.1 Å². The molecule has 0 bridgehead atoms. The molecule has 0 amide bonds. The van der Waals surface area contributed by atoms with Crippen LogP contribution in [0.25, 0.3) is 11.0 Å². The van der Waals surface area contributed by atoms with Crippen LogP contribution < -0.4 is 5.73 Å². The fourth-order valence-corrected chi connectivity index (χ4v) is 1.41. The maximum absolute atomic E-state index is 12.8. The first-order chi connectivity index (χ1) is 6.22. The van der Waals surface area contributed by atoms with Crippen LogP contribution in [-0.4, -0.2) is 9.55 Å². The first kappa shape index (κ1) is 8.19. The molecule has 1 aromatic heterocycles. The lowest BCUT2D eigenvalue weighted by molar-refractivity contribution is 0.629. The Morgan fingerprint density at radius 1 is 1.54 bits per heavy atom. The summed E-state index contributed by atoms with van der Waals surface area (Å²) in [6.07, 6.45) is 0. The molecule has 13 heavy (non-hydrogen) atoms. The summed E-state index contributed by atoms with van der Waals surface area (Å²) < 4.78 is 14.7. The zero-order valence-electron chi connectivity index (χ0n) is 7.29. The molecule has 1 aromatic carbocycles. The molecule has 0 aliphatic heterocycles. The molecule has 2 aromatic rings. The summed E-state index contributed by atoms with van der Waals surface area (Å²) in [4.78, 5) is 4.19. The van der Waals surface area contributed by atoms with Gasteiger partial charge >= 0.3 is 0 Å². The summed E-state index contributed by atoms with van der Waals surface area (Å²) in [7, 11) is 1.87. The molecule has 1 heterocycles. The number of benzene rings is 1.